The zero-order valence-electron chi connectivity index (χ0n) is 22.0. The van der Waals surface area contributed by atoms with Gasteiger partial charge >= 0.3 is 5.91 Å². The number of amides is 1. The Labute approximate surface area is 221 Å². The molecule has 9 nitrogen and oxygen atoms in total. The Kier molecular flexibility index (Phi) is 8.35. The lowest BCUT2D eigenvalue weighted by Gasteiger charge is -2.24. The van der Waals surface area contributed by atoms with Gasteiger partial charge in [0.1, 0.15) is 17.3 Å². The Hall–Kier alpha value is -4.27. The van der Waals surface area contributed by atoms with Crippen LogP contribution in [0.25, 0.3) is 5.76 Å². The Morgan fingerprint density at radius 3 is 2.39 bits per heavy atom. The number of aliphatic hydroxyl groups is 1. The quantitative estimate of drug-likeness (QED) is 0.151. The Morgan fingerprint density at radius 1 is 1.00 bits per heavy atom. The van der Waals surface area contributed by atoms with Crippen LogP contribution in [0.2, 0.25) is 0 Å². The van der Waals surface area contributed by atoms with Gasteiger partial charge in [-0.3, -0.25) is 14.5 Å². The van der Waals surface area contributed by atoms with Crippen LogP contribution in [-0.2, 0) is 9.59 Å². The number of anilines is 1. The van der Waals surface area contributed by atoms with Crippen molar-refractivity contribution < 1.29 is 33.4 Å². The smallest absolute Gasteiger partial charge is 0.301 e. The number of unbranched alkanes of at least 4 members (excludes halogenated alkanes) is 1. The third kappa shape index (κ3) is 5.37. The van der Waals surface area contributed by atoms with Crippen molar-refractivity contribution in [2.75, 3.05) is 25.2 Å². The average Bonchev–Trinajstić information content (AvgIpc) is 3.47. The minimum atomic E-state index is -0.978. The fourth-order valence-electron chi connectivity index (χ4n) is 4.24. The highest BCUT2D eigenvalue weighted by Crippen LogP contribution is 2.44. The molecule has 1 atom stereocenters. The number of Topliss-reactive ketones (excluding diaryl/α,β-unsaturated/α-hetero) is 1. The number of ether oxygens (including phenoxy) is 3. The highest BCUT2D eigenvalue weighted by atomic mass is 16.5. The Balaban J connectivity index is 1.82. The van der Waals surface area contributed by atoms with Crippen molar-refractivity contribution in [1.82, 2.24) is 5.16 Å². The van der Waals surface area contributed by atoms with Crippen molar-refractivity contribution in [3.8, 4) is 17.2 Å². The molecule has 1 unspecified atom stereocenters. The molecule has 38 heavy (non-hydrogen) atoms. The predicted octanol–water partition coefficient (Wildman–Crippen LogP) is 5.59. The predicted molar refractivity (Wildman–Crippen MR) is 142 cm³/mol. The summed E-state index contributed by atoms with van der Waals surface area (Å²) in [7, 11) is 1.52. The molecule has 0 saturated carbocycles. The number of hydrogen-bond acceptors (Lipinski definition) is 8. The van der Waals surface area contributed by atoms with Gasteiger partial charge in [0.2, 0.25) is 0 Å². The number of aliphatic hydroxyl groups excluding tert-OH is 1. The summed E-state index contributed by atoms with van der Waals surface area (Å²) in [5, 5.41) is 15.3. The van der Waals surface area contributed by atoms with Crippen LogP contribution >= 0.6 is 0 Å². The van der Waals surface area contributed by atoms with E-state index in [9.17, 15) is 14.7 Å². The number of carbonyl (C=O) groups excluding carboxylic acids is 2. The number of ketones is 1. The molecule has 1 saturated heterocycles. The zero-order valence-corrected chi connectivity index (χ0v) is 22.0. The molecule has 1 aromatic heterocycles. The lowest BCUT2D eigenvalue weighted by molar-refractivity contribution is -0.132. The van der Waals surface area contributed by atoms with Crippen LogP contribution in [0.1, 0.15) is 56.0 Å². The number of rotatable bonds is 11. The minimum absolute atomic E-state index is 0.0698. The number of aromatic nitrogens is 1. The molecule has 3 aromatic rings. The summed E-state index contributed by atoms with van der Waals surface area (Å²) in [6.45, 7) is 6.86. The van der Waals surface area contributed by atoms with Crippen LogP contribution in [-0.4, -0.2) is 42.3 Å². The largest absolute Gasteiger partial charge is 0.507 e. The van der Waals surface area contributed by atoms with Gasteiger partial charge in [-0.25, -0.2) is 0 Å². The summed E-state index contributed by atoms with van der Waals surface area (Å²) in [6, 6.07) is 12.5. The van der Waals surface area contributed by atoms with Crippen LogP contribution in [0.4, 0.5) is 5.82 Å². The van der Waals surface area contributed by atoms with Crippen molar-refractivity contribution in [1.29, 1.82) is 0 Å². The molecule has 200 valence electrons. The first-order chi connectivity index (χ1) is 18.4. The standard InChI is InChI=1S/C29H32N2O7/c1-5-7-15-37-22-13-10-20(17-23(22)35-4)26-25(27(32)19-8-11-21(12-9-19)36-14-6-2)28(33)29(34)31(26)24-16-18(3)38-30-24/h8-13,16-17,26,32H,5-7,14-15H2,1-4H3/b27-25-. The van der Waals surface area contributed by atoms with Gasteiger partial charge in [-0.15, -0.1) is 0 Å². The second-order valence-electron chi connectivity index (χ2n) is 8.95. The van der Waals surface area contributed by atoms with Crippen LogP contribution < -0.4 is 19.1 Å². The molecule has 4 rings (SSSR count). The maximum atomic E-state index is 13.4. The number of aryl methyl sites for hydroxylation is 1. The summed E-state index contributed by atoms with van der Waals surface area (Å²) in [6.07, 6.45) is 2.73. The summed E-state index contributed by atoms with van der Waals surface area (Å²) in [4.78, 5) is 27.9. The molecule has 1 aliphatic heterocycles. The topological polar surface area (TPSA) is 111 Å². The molecule has 2 aromatic carbocycles. The van der Waals surface area contributed by atoms with Crippen molar-refractivity contribution in [3.05, 3.63) is 71.0 Å². The lowest BCUT2D eigenvalue weighted by atomic mass is 9.95. The van der Waals surface area contributed by atoms with E-state index in [1.165, 1.54) is 12.0 Å². The summed E-state index contributed by atoms with van der Waals surface area (Å²) in [5.41, 5.74) is 0.841. The second-order valence-corrected chi connectivity index (χ2v) is 8.95. The van der Waals surface area contributed by atoms with Crippen molar-refractivity contribution in [3.63, 3.8) is 0 Å². The molecule has 2 heterocycles. The normalized spacial score (nSPS) is 16.6. The Bertz CT molecular complexity index is 1330. The summed E-state index contributed by atoms with van der Waals surface area (Å²) >= 11 is 0. The van der Waals surface area contributed by atoms with Gasteiger partial charge < -0.3 is 23.8 Å². The third-order valence-electron chi connectivity index (χ3n) is 6.17. The fourth-order valence-corrected chi connectivity index (χ4v) is 4.24. The van der Waals surface area contributed by atoms with Gasteiger partial charge in [-0.05, 0) is 61.7 Å². The monoisotopic (exact) mass is 520 g/mol. The molecular weight excluding hydrogens is 488 g/mol. The maximum absolute atomic E-state index is 13.4. The van der Waals surface area contributed by atoms with E-state index in [4.69, 9.17) is 18.7 Å². The van der Waals surface area contributed by atoms with Gasteiger partial charge in [-0.1, -0.05) is 31.5 Å². The van der Waals surface area contributed by atoms with E-state index in [1.54, 1.807) is 55.5 Å². The molecule has 0 bridgehead atoms. The van der Waals surface area contributed by atoms with E-state index in [1.807, 2.05) is 6.92 Å². The van der Waals surface area contributed by atoms with Gasteiger partial charge in [0.15, 0.2) is 17.3 Å². The van der Waals surface area contributed by atoms with Crippen LogP contribution in [0, 0.1) is 6.92 Å². The number of nitrogens with zero attached hydrogens (tertiary/aromatic N) is 2. The molecule has 0 aliphatic carbocycles. The van der Waals surface area contributed by atoms with E-state index >= 15 is 0 Å². The summed E-state index contributed by atoms with van der Waals surface area (Å²) < 4.78 is 22.2. The van der Waals surface area contributed by atoms with Crippen molar-refractivity contribution >= 4 is 23.3 Å². The average molecular weight is 521 g/mol. The molecule has 1 amide bonds. The van der Waals surface area contributed by atoms with E-state index in [0.29, 0.717) is 47.3 Å². The highest BCUT2D eigenvalue weighted by molar-refractivity contribution is 6.51. The lowest BCUT2D eigenvalue weighted by Crippen LogP contribution is -2.29. The van der Waals surface area contributed by atoms with Crippen molar-refractivity contribution in [2.45, 2.75) is 46.1 Å². The molecule has 1 fully saturated rings. The SMILES string of the molecule is CCCCOc1ccc(C2/C(=C(/O)c3ccc(OCCC)cc3)C(=O)C(=O)N2c2cc(C)on2)cc1OC. The van der Waals surface area contributed by atoms with Crippen LogP contribution in [0.3, 0.4) is 0 Å². The molecule has 9 heteroatoms. The number of hydrogen-bond donors (Lipinski definition) is 1. The molecule has 1 aliphatic rings. The number of benzene rings is 2. The maximum Gasteiger partial charge on any atom is 0.301 e. The first-order valence-electron chi connectivity index (χ1n) is 12.7. The van der Waals surface area contributed by atoms with Gasteiger partial charge in [0, 0.05) is 11.6 Å². The zero-order chi connectivity index (χ0) is 27.2. The first kappa shape index (κ1) is 26.8. The van der Waals surface area contributed by atoms with Crippen LogP contribution in [0.5, 0.6) is 17.2 Å². The van der Waals surface area contributed by atoms with E-state index < -0.39 is 17.7 Å². The van der Waals surface area contributed by atoms with Crippen LogP contribution in [0.15, 0.2) is 58.6 Å². The third-order valence-corrected chi connectivity index (χ3v) is 6.17. The number of carbonyl (C=O) groups is 2. The van der Waals surface area contributed by atoms with E-state index in [2.05, 4.69) is 12.1 Å². The van der Waals surface area contributed by atoms with E-state index in [-0.39, 0.29) is 17.2 Å². The van der Waals surface area contributed by atoms with Crippen molar-refractivity contribution in [2.24, 2.45) is 0 Å². The fraction of sp³-hybridized carbons (Fsp3) is 0.345. The first-order valence-corrected chi connectivity index (χ1v) is 12.7. The molecule has 0 radical (unpaired) electrons. The van der Waals surface area contributed by atoms with Gasteiger partial charge in [0.05, 0.1) is 31.9 Å². The van der Waals surface area contributed by atoms with Gasteiger partial charge in [0.25, 0.3) is 5.78 Å². The molecule has 1 N–H and O–H groups in total. The number of methoxy groups -OCH3 is 1. The van der Waals surface area contributed by atoms with E-state index in [0.717, 1.165) is 19.3 Å². The second kappa shape index (κ2) is 11.9. The molecule has 0 spiro atoms. The minimum Gasteiger partial charge on any atom is -0.507 e. The van der Waals surface area contributed by atoms with Gasteiger partial charge in [-0.2, -0.15) is 0 Å². The summed E-state index contributed by atoms with van der Waals surface area (Å²) in [5.74, 6) is 0.304. The Morgan fingerprint density at radius 2 is 1.76 bits per heavy atom. The molecular formula is C29H32N2O7. The highest BCUT2D eigenvalue weighted by Gasteiger charge is 2.48.